The predicted octanol–water partition coefficient (Wildman–Crippen LogP) is 3.63. The fourth-order valence-corrected chi connectivity index (χ4v) is 5.94. The number of carbonyl (C=O) groups excluding carboxylic acids is 3. The zero-order chi connectivity index (χ0) is 31.3. The van der Waals surface area contributed by atoms with Gasteiger partial charge in [-0.15, -0.1) is 0 Å². The smallest absolute Gasteiger partial charge is 0.241 e. The van der Waals surface area contributed by atoms with E-state index in [-0.39, 0.29) is 64.2 Å². The topological polar surface area (TPSA) is 173 Å². The molecule has 6 rings (SSSR count). The number of phenols is 2. The van der Waals surface area contributed by atoms with Crippen molar-refractivity contribution in [1.82, 2.24) is 16.0 Å². The summed E-state index contributed by atoms with van der Waals surface area (Å²) < 4.78 is 6.08. The third-order valence-corrected chi connectivity index (χ3v) is 8.38. The van der Waals surface area contributed by atoms with E-state index in [2.05, 4.69) is 31.9 Å². The van der Waals surface area contributed by atoms with Gasteiger partial charge in [-0.1, -0.05) is 0 Å². The number of amides is 3. The first-order chi connectivity index (χ1) is 21.8. The Morgan fingerprint density at radius 2 is 1.11 bits per heavy atom. The average molecular weight is 615 g/mol. The second-order valence-corrected chi connectivity index (χ2v) is 11.6. The first-order valence-corrected chi connectivity index (χ1v) is 15.4. The van der Waals surface area contributed by atoms with Crippen molar-refractivity contribution in [3.05, 3.63) is 54.6 Å². The summed E-state index contributed by atoms with van der Waals surface area (Å²) in [6.45, 7) is 2.35. The molecule has 3 heterocycles. The van der Waals surface area contributed by atoms with E-state index in [1.165, 1.54) is 12.1 Å². The number of aromatic hydroxyl groups is 2. The lowest BCUT2D eigenvalue weighted by Gasteiger charge is -2.18. The molecule has 3 aromatic rings. The Balaban J connectivity index is 1.28. The van der Waals surface area contributed by atoms with Crippen LogP contribution in [0, 0.1) is 0 Å². The Labute approximate surface area is 260 Å². The predicted molar refractivity (Wildman–Crippen MR) is 171 cm³/mol. The van der Waals surface area contributed by atoms with Gasteiger partial charge in [0.2, 0.25) is 17.7 Å². The fraction of sp³-hybridized carbons (Fsp3) is 0.364. The molecule has 8 N–H and O–H groups in total. The van der Waals surface area contributed by atoms with E-state index < -0.39 is 0 Å². The molecule has 3 atom stereocenters. The minimum atomic E-state index is -0.343. The lowest BCUT2D eigenvalue weighted by atomic mass is 10.0. The van der Waals surface area contributed by atoms with Gasteiger partial charge in [0.05, 0.1) is 18.1 Å². The van der Waals surface area contributed by atoms with Crippen molar-refractivity contribution in [1.29, 1.82) is 0 Å². The molecule has 3 fully saturated rings. The highest BCUT2D eigenvalue weighted by Gasteiger charge is 2.26. The molecule has 3 aliphatic rings. The third-order valence-electron chi connectivity index (χ3n) is 8.38. The van der Waals surface area contributed by atoms with Crippen molar-refractivity contribution < 1.29 is 29.3 Å². The number of hydrogen-bond donors (Lipinski definition) is 8. The summed E-state index contributed by atoms with van der Waals surface area (Å²) in [6, 6.07) is 13.6. The molecule has 0 saturated carbocycles. The average Bonchev–Trinajstić information content (AvgIpc) is 3.85. The number of phenolic OH excluding ortho intramolecular Hbond substituents is 2. The molecule has 0 radical (unpaired) electrons. The molecule has 3 saturated heterocycles. The summed E-state index contributed by atoms with van der Waals surface area (Å²) in [6.07, 6.45) is 5.01. The van der Waals surface area contributed by atoms with Crippen molar-refractivity contribution >= 4 is 34.8 Å². The molecule has 0 bridgehead atoms. The Kier molecular flexibility index (Phi) is 9.15. The van der Waals surface area contributed by atoms with Crippen molar-refractivity contribution in [2.75, 3.05) is 35.6 Å². The summed E-state index contributed by atoms with van der Waals surface area (Å²) in [4.78, 5) is 38.2. The monoisotopic (exact) mass is 614 g/mol. The van der Waals surface area contributed by atoms with Gasteiger partial charge in [-0.3, -0.25) is 14.4 Å². The number of rotatable bonds is 9. The Bertz CT molecular complexity index is 1560. The van der Waals surface area contributed by atoms with Crippen molar-refractivity contribution in [3.8, 4) is 34.1 Å². The third kappa shape index (κ3) is 7.19. The second-order valence-electron chi connectivity index (χ2n) is 11.6. The van der Waals surface area contributed by atoms with Crippen LogP contribution in [0.25, 0.3) is 11.1 Å². The maximum Gasteiger partial charge on any atom is 0.241 e. The summed E-state index contributed by atoms with van der Waals surface area (Å²) in [5, 5.41) is 40.4. The standard InChI is InChI=1S/C33H38N6O6/c40-28-12-9-20(38-32(43)26-5-2-14-35-26)16-23(28)24-17-21(39-33(44)27-6-3-15-36-27)18-29(30(24)41)45-22-10-7-19(8-11-22)37-31(42)25-4-1-13-34-25/h7-12,16-18,25-27,34-36,40-41H,1-6,13-15H2,(H,37,42)(H,38,43)(H,39,44)/t25-,26-,27-/m0/s1. The number of benzene rings is 3. The molecule has 0 spiro atoms. The molecule has 12 heteroatoms. The van der Waals surface area contributed by atoms with Gasteiger partial charge in [0.25, 0.3) is 0 Å². The van der Waals surface area contributed by atoms with Crippen molar-refractivity contribution in [3.63, 3.8) is 0 Å². The van der Waals surface area contributed by atoms with Crippen LogP contribution >= 0.6 is 0 Å². The molecular weight excluding hydrogens is 576 g/mol. The van der Waals surface area contributed by atoms with Crippen LogP contribution in [0.1, 0.15) is 38.5 Å². The Morgan fingerprint density at radius 1 is 0.622 bits per heavy atom. The van der Waals surface area contributed by atoms with Crippen molar-refractivity contribution in [2.45, 2.75) is 56.7 Å². The maximum absolute atomic E-state index is 13.0. The molecule has 12 nitrogen and oxygen atoms in total. The lowest BCUT2D eigenvalue weighted by molar-refractivity contribution is -0.118. The number of nitrogens with one attached hydrogen (secondary N) is 6. The van der Waals surface area contributed by atoms with Crippen molar-refractivity contribution in [2.24, 2.45) is 0 Å². The molecule has 0 aromatic heterocycles. The van der Waals surface area contributed by atoms with Crippen LogP contribution in [-0.4, -0.2) is 65.7 Å². The molecule has 45 heavy (non-hydrogen) atoms. The zero-order valence-corrected chi connectivity index (χ0v) is 24.8. The molecule has 236 valence electrons. The molecule has 3 aliphatic heterocycles. The first-order valence-electron chi connectivity index (χ1n) is 15.4. The number of anilines is 3. The van der Waals surface area contributed by atoms with Gasteiger partial charge in [-0.05, 0) is 107 Å². The minimum absolute atomic E-state index is 0.0399. The highest BCUT2D eigenvalue weighted by atomic mass is 16.5. The first kappa shape index (κ1) is 30.4. The highest BCUT2D eigenvalue weighted by Crippen LogP contribution is 2.45. The van der Waals surface area contributed by atoms with E-state index in [1.807, 2.05) is 0 Å². The van der Waals surface area contributed by atoms with E-state index in [9.17, 15) is 24.6 Å². The summed E-state index contributed by atoms with van der Waals surface area (Å²) >= 11 is 0. The van der Waals surface area contributed by atoms with Gasteiger partial charge in [-0.25, -0.2) is 0 Å². The quantitative estimate of drug-likeness (QED) is 0.168. The summed E-state index contributed by atoms with van der Waals surface area (Å²) in [5.74, 6) is -0.482. The van der Waals surface area contributed by atoms with Crippen LogP contribution in [-0.2, 0) is 14.4 Å². The van der Waals surface area contributed by atoms with E-state index in [1.54, 1.807) is 42.5 Å². The van der Waals surface area contributed by atoms with Gasteiger partial charge in [0.15, 0.2) is 11.5 Å². The SMILES string of the molecule is O=C(Nc1ccc(Oc2cc(NC(=O)[C@@H]3CCCN3)cc(-c3cc(NC(=O)[C@@H]4CCCN4)ccc3O)c2O)cc1)[C@@H]1CCCN1. The molecule has 0 aliphatic carbocycles. The Hall–Kier alpha value is -4.65. The van der Waals surface area contributed by atoms with Gasteiger partial charge in [-0.2, -0.15) is 0 Å². The van der Waals surface area contributed by atoms with Crippen LogP contribution in [0.3, 0.4) is 0 Å². The van der Waals surface area contributed by atoms with Gasteiger partial charge in [0, 0.05) is 34.3 Å². The molecule has 3 amide bonds. The molecule has 0 unspecified atom stereocenters. The zero-order valence-electron chi connectivity index (χ0n) is 24.8. The molecular formula is C33H38N6O6. The van der Waals surface area contributed by atoms with Gasteiger partial charge in [0.1, 0.15) is 11.5 Å². The minimum Gasteiger partial charge on any atom is -0.507 e. The summed E-state index contributed by atoms with van der Waals surface area (Å²) in [7, 11) is 0. The van der Waals surface area contributed by atoms with E-state index in [0.717, 1.165) is 51.7 Å². The van der Waals surface area contributed by atoms with Crippen LogP contribution in [0.4, 0.5) is 17.1 Å². The summed E-state index contributed by atoms with van der Waals surface area (Å²) in [5.41, 5.74) is 1.84. The van der Waals surface area contributed by atoms with E-state index >= 15 is 0 Å². The van der Waals surface area contributed by atoms with Gasteiger partial charge >= 0.3 is 0 Å². The normalized spacial score (nSPS) is 20.9. The van der Waals surface area contributed by atoms with E-state index in [0.29, 0.717) is 29.2 Å². The van der Waals surface area contributed by atoms with Crippen LogP contribution in [0.5, 0.6) is 23.0 Å². The number of ether oxygens (including phenoxy) is 1. The Morgan fingerprint density at radius 3 is 1.64 bits per heavy atom. The second kappa shape index (κ2) is 13.6. The lowest BCUT2D eigenvalue weighted by Crippen LogP contribution is -2.35. The highest BCUT2D eigenvalue weighted by molar-refractivity contribution is 5.98. The largest absolute Gasteiger partial charge is 0.507 e. The fourth-order valence-electron chi connectivity index (χ4n) is 5.94. The maximum atomic E-state index is 13.0. The molecule has 3 aromatic carbocycles. The van der Waals surface area contributed by atoms with Crippen LogP contribution in [0.15, 0.2) is 54.6 Å². The number of carbonyl (C=O) groups is 3. The van der Waals surface area contributed by atoms with Crippen LogP contribution in [0.2, 0.25) is 0 Å². The van der Waals surface area contributed by atoms with Crippen LogP contribution < -0.4 is 36.6 Å². The van der Waals surface area contributed by atoms with Gasteiger partial charge < -0.3 is 46.9 Å². The number of hydrogen-bond acceptors (Lipinski definition) is 9. The van der Waals surface area contributed by atoms with E-state index in [4.69, 9.17) is 4.74 Å².